The van der Waals surface area contributed by atoms with Gasteiger partial charge in [-0.15, -0.1) is 13.2 Å². The lowest BCUT2D eigenvalue weighted by molar-refractivity contribution is -0.274. The number of alkyl halides is 3. The van der Waals surface area contributed by atoms with E-state index in [4.69, 9.17) is 0 Å². The number of nitrogens with one attached hydrogen (secondary N) is 1. The lowest BCUT2D eigenvalue weighted by Crippen LogP contribution is -2.19. The zero-order chi connectivity index (χ0) is 14.0. The minimum atomic E-state index is -4.67. The highest BCUT2D eigenvalue weighted by molar-refractivity contribution is 9.10. The van der Waals surface area contributed by atoms with Gasteiger partial charge in [0.05, 0.1) is 4.47 Å². The fraction of sp³-hybridized carbons (Fsp3) is 0.500. The van der Waals surface area contributed by atoms with E-state index in [-0.39, 0.29) is 10.2 Å². The highest BCUT2D eigenvalue weighted by Gasteiger charge is 2.32. The topological polar surface area (TPSA) is 21.3 Å². The SMILES string of the molecule is CC1CC(Nc2ccc(OC(F)(F)F)c(Br)c2)CS1. The predicted molar refractivity (Wildman–Crippen MR) is 74.8 cm³/mol. The van der Waals surface area contributed by atoms with Gasteiger partial charge in [0.15, 0.2) is 0 Å². The number of benzene rings is 1. The van der Waals surface area contributed by atoms with Gasteiger partial charge in [-0.05, 0) is 40.5 Å². The number of halogens is 4. The van der Waals surface area contributed by atoms with Crippen molar-refractivity contribution in [3.8, 4) is 5.75 Å². The Labute approximate surface area is 122 Å². The fourth-order valence-corrected chi connectivity index (χ4v) is 3.56. The summed E-state index contributed by atoms with van der Waals surface area (Å²) in [6.45, 7) is 2.17. The van der Waals surface area contributed by atoms with Crippen molar-refractivity contribution in [1.29, 1.82) is 0 Å². The zero-order valence-corrected chi connectivity index (χ0v) is 12.5. The Morgan fingerprint density at radius 2 is 2.16 bits per heavy atom. The molecule has 106 valence electrons. The third kappa shape index (κ3) is 4.49. The molecule has 0 radical (unpaired) electrons. The Kier molecular flexibility index (Phi) is 4.55. The first-order valence-corrected chi connectivity index (χ1v) is 7.61. The van der Waals surface area contributed by atoms with E-state index in [1.807, 2.05) is 11.8 Å². The molecule has 19 heavy (non-hydrogen) atoms. The summed E-state index contributed by atoms with van der Waals surface area (Å²) in [4.78, 5) is 0. The summed E-state index contributed by atoms with van der Waals surface area (Å²) in [5, 5.41) is 3.93. The minimum Gasteiger partial charge on any atom is -0.405 e. The summed E-state index contributed by atoms with van der Waals surface area (Å²) >= 11 is 4.98. The van der Waals surface area contributed by atoms with Gasteiger partial charge in [-0.3, -0.25) is 0 Å². The standard InChI is InChI=1S/C12H13BrF3NOS/c1-7-4-9(6-19-7)17-8-2-3-11(10(13)5-8)18-12(14,15)16/h2-3,5,7,9,17H,4,6H2,1H3. The maximum Gasteiger partial charge on any atom is 0.573 e. The summed E-state index contributed by atoms with van der Waals surface area (Å²) in [6.07, 6.45) is -3.61. The molecule has 0 spiro atoms. The number of hydrogen-bond donors (Lipinski definition) is 1. The maximum absolute atomic E-state index is 12.1. The molecule has 0 amide bonds. The fourth-order valence-electron chi connectivity index (χ4n) is 1.95. The molecular formula is C12H13BrF3NOS. The molecule has 1 heterocycles. The Hall–Kier alpha value is -0.560. The molecule has 0 bridgehead atoms. The quantitative estimate of drug-likeness (QED) is 0.852. The van der Waals surface area contributed by atoms with Crippen molar-refractivity contribution in [3.05, 3.63) is 22.7 Å². The van der Waals surface area contributed by atoms with Crippen LogP contribution in [-0.2, 0) is 0 Å². The van der Waals surface area contributed by atoms with Crippen molar-refractivity contribution in [3.63, 3.8) is 0 Å². The first kappa shape index (κ1) is 14.8. The Bertz CT molecular complexity index is 455. The molecule has 1 aliphatic heterocycles. The van der Waals surface area contributed by atoms with Crippen LogP contribution in [0.1, 0.15) is 13.3 Å². The van der Waals surface area contributed by atoms with Gasteiger partial charge in [0.25, 0.3) is 0 Å². The van der Waals surface area contributed by atoms with Crippen molar-refractivity contribution in [2.24, 2.45) is 0 Å². The van der Waals surface area contributed by atoms with Gasteiger partial charge >= 0.3 is 6.36 Å². The van der Waals surface area contributed by atoms with E-state index >= 15 is 0 Å². The molecular weight excluding hydrogens is 343 g/mol. The van der Waals surface area contributed by atoms with E-state index in [0.717, 1.165) is 17.9 Å². The smallest absolute Gasteiger partial charge is 0.405 e. The summed E-state index contributed by atoms with van der Waals surface area (Å²) < 4.78 is 40.6. The van der Waals surface area contributed by atoms with Crippen molar-refractivity contribution < 1.29 is 17.9 Å². The predicted octanol–water partition coefficient (Wildman–Crippen LogP) is 4.65. The molecule has 1 aromatic carbocycles. The van der Waals surface area contributed by atoms with E-state index in [1.54, 1.807) is 12.1 Å². The van der Waals surface area contributed by atoms with E-state index in [2.05, 4.69) is 32.9 Å². The van der Waals surface area contributed by atoms with Gasteiger partial charge < -0.3 is 10.1 Å². The van der Waals surface area contributed by atoms with Crippen LogP contribution in [0.4, 0.5) is 18.9 Å². The highest BCUT2D eigenvalue weighted by atomic mass is 79.9. The van der Waals surface area contributed by atoms with Gasteiger partial charge in [0.1, 0.15) is 5.75 Å². The molecule has 2 rings (SSSR count). The van der Waals surface area contributed by atoms with Crippen LogP contribution < -0.4 is 10.1 Å². The number of ether oxygens (including phenoxy) is 1. The molecule has 1 N–H and O–H groups in total. The second kappa shape index (κ2) is 5.83. The van der Waals surface area contributed by atoms with Gasteiger partial charge in [-0.25, -0.2) is 0 Å². The van der Waals surface area contributed by atoms with Crippen LogP contribution >= 0.6 is 27.7 Å². The van der Waals surface area contributed by atoms with Crippen LogP contribution in [0.2, 0.25) is 0 Å². The lowest BCUT2D eigenvalue weighted by atomic mass is 10.2. The van der Waals surface area contributed by atoms with Crippen molar-refractivity contribution in [1.82, 2.24) is 0 Å². The van der Waals surface area contributed by atoms with E-state index in [9.17, 15) is 13.2 Å². The molecule has 2 unspecified atom stereocenters. The van der Waals surface area contributed by atoms with E-state index in [1.165, 1.54) is 6.07 Å². The maximum atomic E-state index is 12.1. The summed E-state index contributed by atoms with van der Waals surface area (Å²) in [5.74, 6) is 0.784. The molecule has 2 atom stereocenters. The molecule has 0 aliphatic carbocycles. The Balaban J connectivity index is 2.02. The average molecular weight is 356 g/mol. The second-order valence-electron chi connectivity index (χ2n) is 4.41. The highest BCUT2D eigenvalue weighted by Crippen LogP contribution is 2.34. The Morgan fingerprint density at radius 1 is 1.42 bits per heavy atom. The monoisotopic (exact) mass is 355 g/mol. The van der Waals surface area contributed by atoms with Crippen molar-refractivity contribution in [2.45, 2.75) is 31.0 Å². The van der Waals surface area contributed by atoms with Crippen molar-refractivity contribution >= 4 is 33.4 Å². The van der Waals surface area contributed by atoms with Crippen LogP contribution in [0.15, 0.2) is 22.7 Å². The molecule has 2 nitrogen and oxygen atoms in total. The van der Waals surface area contributed by atoms with E-state index in [0.29, 0.717) is 11.3 Å². The first-order valence-electron chi connectivity index (χ1n) is 5.77. The molecule has 0 saturated carbocycles. The molecule has 0 aromatic heterocycles. The van der Waals surface area contributed by atoms with Gasteiger partial charge in [-0.2, -0.15) is 11.8 Å². The van der Waals surface area contributed by atoms with Crippen LogP contribution in [0.25, 0.3) is 0 Å². The number of hydrogen-bond acceptors (Lipinski definition) is 3. The van der Waals surface area contributed by atoms with Crippen LogP contribution in [0.3, 0.4) is 0 Å². The summed E-state index contributed by atoms with van der Waals surface area (Å²) in [7, 11) is 0. The van der Waals surface area contributed by atoms with Gasteiger partial charge in [0.2, 0.25) is 0 Å². The van der Waals surface area contributed by atoms with Crippen molar-refractivity contribution in [2.75, 3.05) is 11.1 Å². The van der Waals surface area contributed by atoms with E-state index < -0.39 is 6.36 Å². The summed E-state index contributed by atoms with van der Waals surface area (Å²) in [5.41, 5.74) is 0.793. The molecule has 1 fully saturated rings. The number of anilines is 1. The molecule has 1 saturated heterocycles. The second-order valence-corrected chi connectivity index (χ2v) is 6.74. The molecule has 1 aromatic rings. The van der Waals surface area contributed by atoms with Crippen LogP contribution in [-0.4, -0.2) is 23.4 Å². The number of thioether (sulfide) groups is 1. The Morgan fingerprint density at radius 3 is 2.68 bits per heavy atom. The molecule has 7 heteroatoms. The normalized spacial score (nSPS) is 23.4. The lowest BCUT2D eigenvalue weighted by Gasteiger charge is -2.15. The van der Waals surface area contributed by atoms with Crippen LogP contribution in [0, 0.1) is 0 Å². The van der Waals surface area contributed by atoms with Crippen LogP contribution in [0.5, 0.6) is 5.75 Å². The first-order chi connectivity index (χ1) is 8.83. The van der Waals surface area contributed by atoms with Gasteiger partial charge in [-0.1, -0.05) is 6.92 Å². The third-order valence-electron chi connectivity index (χ3n) is 2.73. The zero-order valence-electron chi connectivity index (χ0n) is 10.1. The third-order valence-corrected chi connectivity index (χ3v) is 4.70. The largest absolute Gasteiger partial charge is 0.573 e. The minimum absolute atomic E-state index is 0.229. The van der Waals surface area contributed by atoms with Gasteiger partial charge in [0, 0.05) is 22.7 Å². The number of rotatable bonds is 3. The molecule has 1 aliphatic rings. The summed E-state index contributed by atoms with van der Waals surface area (Å²) in [6, 6.07) is 4.88. The average Bonchev–Trinajstić information content (AvgIpc) is 2.66.